The molecule has 5 nitrogen and oxygen atoms in total. The molecule has 5 aliphatic rings. The van der Waals surface area contributed by atoms with Crippen LogP contribution in [0.5, 0.6) is 0 Å². The van der Waals surface area contributed by atoms with Crippen molar-refractivity contribution in [2.24, 2.45) is 11.8 Å². The molecule has 5 heteroatoms. The summed E-state index contributed by atoms with van der Waals surface area (Å²) in [4.78, 5) is 14.6. The molecule has 4 bridgehead atoms. The molecule has 28 heavy (non-hydrogen) atoms. The smallest absolute Gasteiger partial charge is 0.237 e. The van der Waals surface area contributed by atoms with Crippen molar-refractivity contribution in [2.45, 2.75) is 68.4 Å². The Balaban J connectivity index is 1.36. The van der Waals surface area contributed by atoms with Crippen LogP contribution in [-0.4, -0.2) is 35.5 Å². The predicted molar refractivity (Wildman–Crippen MR) is 108 cm³/mol. The van der Waals surface area contributed by atoms with Gasteiger partial charge in [0, 0.05) is 17.8 Å². The average Bonchev–Trinajstić information content (AvgIpc) is 3.33. The van der Waals surface area contributed by atoms with Gasteiger partial charge >= 0.3 is 0 Å². The van der Waals surface area contributed by atoms with Crippen molar-refractivity contribution < 1.29 is 4.79 Å². The third kappa shape index (κ3) is 2.58. The van der Waals surface area contributed by atoms with E-state index in [2.05, 4.69) is 23.5 Å². The number of nitrogen functional groups attached to an aromatic ring is 1. The summed E-state index contributed by atoms with van der Waals surface area (Å²) in [6, 6.07) is 10.6. The fraction of sp³-hybridized carbons (Fsp3) is 0.652. The fourth-order valence-electron chi connectivity index (χ4n) is 7.08. The zero-order chi connectivity index (χ0) is 19.4. The van der Waals surface area contributed by atoms with E-state index in [-0.39, 0.29) is 22.9 Å². The van der Waals surface area contributed by atoms with Crippen molar-refractivity contribution in [2.75, 3.05) is 18.8 Å². The Kier molecular flexibility index (Phi) is 4.17. The van der Waals surface area contributed by atoms with Crippen LogP contribution >= 0.6 is 0 Å². The minimum absolute atomic E-state index is 0.0834. The van der Waals surface area contributed by atoms with Crippen LogP contribution in [0.2, 0.25) is 0 Å². The number of carbonyl (C=O) groups is 1. The summed E-state index contributed by atoms with van der Waals surface area (Å²) in [7, 11) is 0. The number of fused-ring (bicyclic) bond motifs is 2. The molecule has 5 atom stereocenters. The van der Waals surface area contributed by atoms with Crippen LogP contribution in [-0.2, 0) is 10.2 Å². The van der Waals surface area contributed by atoms with E-state index in [4.69, 9.17) is 5.73 Å². The molecule has 1 saturated heterocycles. The van der Waals surface area contributed by atoms with Crippen molar-refractivity contribution >= 4 is 11.6 Å². The van der Waals surface area contributed by atoms with Gasteiger partial charge in [-0.1, -0.05) is 18.6 Å². The number of anilines is 1. The van der Waals surface area contributed by atoms with E-state index >= 15 is 0 Å². The molecule has 4 aliphatic carbocycles. The first-order valence-electron chi connectivity index (χ1n) is 10.9. The van der Waals surface area contributed by atoms with E-state index in [0.29, 0.717) is 18.4 Å². The first-order chi connectivity index (χ1) is 13.6. The molecule has 1 amide bonds. The van der Waals surface area contributed by atoms with E-state index in [1.807, 2.05) is 12.1 Å². The lowest BCUT2D eigenvalue weighted by atomic mass is 9.65. The highest BCUT2D eigenvalue weighted by Gasteiger charge is 2.64. The first-order valence-corrected chi connectivity index (χ1v) is 10.9. The van der Waals surface area contributed by atoms with Crippen LogP contribution < -0.4 is 11.1 Å². The minimum Gasteiger partial charge on any atom is -0.399 e. The zero-order valence-electron chi connectivity index (χ0n) is 16.5. The summed E-state index contributed by atoms with van der Waals surface area (Å²) in [5, 5.41) is 13.1. The van der Waals surface area contributed by atoms with Crippen LogP contribution in [0.3, 0.4) is 0 Å². The molecule has 0 aromatic heterocycles. The average molecular weight is 379 g/mol. The summed E-state index contributed by atoms with van der Waals surface area (Å²) in [6.07, 6.45) is 9.13. The minimum atomic E-state index is -0.230. The first kappa shape index (κ1) is 18.0. The molecule has 148 valence electrons. The van der Waals surface area contributed by atoms with Gasteiger partial charge in [-0.15, -0.1) is 0 Å². The summed E-state index contributed by atoms with van der Waals surface area (Å²) < 4.78 is 0. The third-order valence-corrected chi connectivity index (χ3v) is 8.35. The fourth-order valence-corrected chi connectivity index (χ4v) is 7.08. The standard InChI is InChI=1S/C23H30N4O/c24-13-20-4-2-10-27(20)21(28)14-26-23-12-18-11-17(23)3-1-9-22(18,15-23)16-5-7-19(25)8-6-16/h5-8,17-18,20,26H,1-4,9-12,14-15,25H2/t17?,18?,20-,22?,23?/m0/s1. The van der Waals surface area contributed by atoms with Crippen molar-refractivity contribution in [3.05, 3.63) is 29.8 Å². The van der Waals surface area contributed by atoms with Gasteiger partial charge in [0.1, 0.15) is 6.04 Å². The summed E-state index contributed by atoms with van der Waals surface area (Å²) in [5.41, 5.74) is 8.52. The Labute approximate surface area is 167 Å². The lowest BCUT2D eigenvalue weighted by molar-refractivity contribution is -0.130. The van der Waals surface area contributed by atoms with E-state index in [0.717, 1.165) is 31.5 Å². The molecule has 1 heterocycles. The van der Waals surface area contributed by atoms with Crippen molar-refractivity contribution in [3.8, 4) is 6.07 Å². The highest BCUT2D eigenvalue weighted by atomic mass is 16.2. The molecule has 1 aromatic rings. The third-order valence-electron chi connectivity index (χ3n) is 8.35. The van der Waals surface area contributed by atoms with Crippen LogP contribution in [0.15, 0.2) is 24.3 Å². The van der Waals surface area contributed by atoms with E-state index in [9.17, 15) is 10.1 Å². The molecule has 4 saturated carbocycles. The summed E-state index contributed by atoms with van der Waals surface area (Å²) in [6.45, 7) is 1.10. The van der Waals surface area contributed by atoms with Gasteiger partial charge in [0.05, 0.1) is 12.6 Å². The largest absolute Gasteiger partial charge is 0.399 e. The zero-order valence-corrected chi connectivity index (χ0v) is 16.5. The van der Waals surface area contributed by atoms with Gasteiger partial charge in [-0.3, -0.25) is 4.79 Å². The normalized spacial score (nSPS) is 38.5. The maximum Gasteiger partial charge on any atom is 0.237 e. The van der Waals surface area contributed by atoms with Crippen molar-refractivity contribution in [1.82, 2.24) is 10.2 Å². The number of hydrogen-bond acceptors (Lipinski definition) is 4. The molecule has 1 aromatic carbocycles. The van der Waals surface area contributed by atoms with Crippen LogP contribution in [0.1, 0.15) is 56.9 Å². The predicted octanol–water partition coefficient (Wildman–Crippen LogP) is 2.96. The monoisotopic (exact) mass is 378 g/mol. The van der Waals surface area contributed by atoms with Crippen molar-refractivity contribution in [1.29, 1.82) is 5.26 Å². The van der Waals surface area contributed by atoms with Gasteiger partial charge in [0.15, 0.2) is 0 Å². The molecule has 0 radical (unpaired) electrons. The Bertz CT molecular complexity index is 815. The number of benzene rings is 1. The van der Waals surface area contributed by atoms with Gasteiger partial charge in [-0.05, 0) is 79.9 Å². The number of likely N-dealkylation sites (tertiary alicyclic amines) is 1. The Hall–Kier alpha value is -2.06. The maximum absolute atomic E-state index is 12.8. The van der Waals surface area contributed by atoms with Crippen LogP contribution in [0.25, 0.3) is 0 Å². The molecular weight excluding hydrogens is 348 g/mol. The van der Waals surface area contributed by atoms with Crippen LogP contribution in [0, 0.1) is 23.2 Å². The lowest BCUT2D eigenvalue weighted by Gasteiger charge is -2.42. The lowest BCUT2D eigenvalue weighted by Crippen LogP contribution is -2.53. The summed E-state index contributed by atoms with van der Waals surface area (Å²) in [5.74, 6) is 1.48. The topological polar surface area (TPSA) is 82.2 Å². The second-order valence-corrected chi connectivity index (χ2v) is 9.56. The molecule has 5 fully saturated rings. The maximum atomic E-state index is 12.8. The number of amides is 1. The number of rotatable bonds is 4. The number of hydrogen-bond donors (Lipinski definition) is 2. The number of nitrogens with one attached hydrogen (secondary N) is 1. The molecular formula is C23H30N4O. The van der Waals surface area contributed by atoms with Gasteiger partial charge in [0.25, 0.3) is 0 Å². The van der Waals surface area contributed by atoms with Gasteiger partial charge in [-0.2, -0.15) is 5.26 Å². The second-order valence-electron chi connectivity index (χ2n) is 9.56. The Morgan fingerprint density at radius 3 is 2.86 bits per heavy atom. The highest BCUT2D eigenvalue weighted by molar-refractivity contribution is 5.79. The van der Waals surface area contributed by atoms with Gasteiger partial charge in [0.2, 0.25) is 5.91 Å². The Morgan fingerprint density at radius 2 is 2.07 bits per heavy atom. The van der Waals surface area contributed by atoms with E-state index < -0.39 is 0 Å². The summed E-state index contributed by atoms with van der Waals surface area (Å²) >= 11 is 0. The van der Waals surface area contributed by atoms with E-state index in [1.165, 1.54) is 37.7 Å². The highest BCUT2D eigenvalue weighted by Crippen LogP contribution is 2.66. The molecule has 4 unspecified atom stereocenters. The molecule has 1 aliphatic heterocycles. The quantitative estimate of drug-likeness (QED) is 0.789. The number of nitriles is 1. The Morgan fingerprint density at radius 1 is 1.25 bits per heavy atom. The molecule has 6 rings (SSSR count). The number of carbonyl (C=O) groups excluding carboxylic acids is 1. The van der Waals surface area contributed by atoms with Crippen LogP contribution in [0.4, 0.5) is 5.69 Å². The van der Waals surface area contributed by atoms with Gasteiger partial charge < -0.3 is 16.0 Å². The molecule has 3 N–H and O–H groups in total. The van der Waals surface area contributed by atoms with E-state index in [1.54, 1.807) is 4.90 Å². The van der Waals surface area contributed by atoms with Crippen molar-refractivity contribution in [3.63, 3.8) is 0 Å². The van der Waals surface area contributed by atoms with Gasteiger partial charge in [-0.25, -0.2) is 0 Å². The number of nitrogens with two attached hydrogens (primary N) is 1. The second kappa shape index (κ2) is 6.49. The number of nitrogens with zero attached hydrogens (tertiary/aromatic N) is 2. The molecule has 0 spiro atoms. The SMILES string of the molecule is N#C[C@@H]1CCCN1C(=O)CNC12CC3CC1CCCC3(c1ccc(N)cc1)C2.